The Morgan fingerprint density at radius 3 is 2.71 bits per heavy atom. The number of benzene rings is 1. The first-order valence-corrected chi connectivity index (χ1v) is 7.60. The zero-order valence-electron chi connectivity index (χ0n) is 13.7. The molecule has 0 saturated heterocycles. The molecule has 0 aliphatic carbocycles. The zero-order chi connectivity index (χ0) is 17.9. The molecule has 0 aromatic heterocycles. The minimum absolute atomic E-state index is 0.111. The number of rotatable bonds is 5. The van der Waals surface area contributed by atoms with Crippen LogP contribution in [0.1, 0.15) is 32.4 Å². The van der Waals surface area contributed by atoms with E-state index in [2.05, 4.69) is 5.32 Å². The van der Waals surface area contributed by atoms with E-state index < -0.39 is 16.9 Å². The normalized spacial score (nSPS) is 17.5. The second-order valence-electron chi connectivity index (χ2n) is 5.20. The van der Waals surface area contributed by atoms with Crippen molar-refractivity contribution in [3.8, 4) is 0 Å². The number of nitrogens with one attached hydrogen (secondary N) is 1. The Morgan fingerprint density at radius 1 is 1.42 bits per heavy atom. The number of nitro groups is 1. The third kappa shape index (κ3) is 3.22. The maximum Gasteiger partial charge on any atom is 0.338 e. The van der Waals surface area contributed by atoms with Gasteiger partial charge in [-0.1, -0.05) is 12.1 Å². The first kappa shape index (κ1) is 17.5. The molecule has 0 spiro atoms. The van der Waals surface area contributed by atoms with E-state index in [1.165, 1.54) is 23.1 Å². The highest BCUT2D eigenvalue weighted by atomic mass is 16.6. The number of hydrogen-bond donors (Lipinski definition) is 1. The van der Waals surface area contributed by atoms with E-state index >= 15 is 0 Å². The van der Waals surface area contributed by atoms with Crippen molar-refractivity contribution in [3.05, 3.63) is 51.2 Å². The van der Waals surface area contributed by atoms with Gasteiger partial charge in [0.15, 0.2) is 0 Å². The molecule has 1 aromatic carbocycles. The summed E-state index contributed by atoms with van der Waals surface area (Å²) >= 11 is 0. The van der Waals surface area contributed by atoms with Crippen LogP contribution in [0.3, 0.4) is 0 Å². The van der Waals surface area contributed by atoms with Crippen LogP contribution < -0.4 is 5.32 Å². The van der Waals surface area contributed by atoms with Gasteiger partial charge in [0.2, 0.25) is 0 Å². The minimum Gasteiger partial charge on any atom is -0.463 e. The molecule has 128 valence electrons. The number of esters is 1. The van der Waals surface area contributed by atoms with E-state index in [9.17, 15) is 19.7 Å². The summed E-state index contributed by atoms with van der Waals surface area (Å²) in [5.74, 6) is -0.551. The number of urea groups is 1. The van der Waals surface area contributed by atoms with E-state index in [-0.39, 0.29) is 23.9 Å². The van der Waals surface area contributed by atoms with Crippen molar-refractivity contribution in [3.63, 3.8) is 0 Å². The van der Waals surface area contributed by atoms with Crippen LogP contribution in [0.4, 0.5) is 10.5 Å². The number of non-ortho nitro benzene ring substituents is 1. The lowest BCUT2D eigenvalue weighted by Gasteiger charge is -2.34. The average molecular weight is 333 g/mol. The zero-order valence-corrected chi connectivity index (χ0v) is 13.7. The summed E-state index contributed by atoms with van der Waals surface area (Å²) in [6.45, 7) is 5.73. The van der Waals surface area contributed by atoms with Gasteiger partial charge in [0.05, 0.1) is 23.1 Å². The van der Waals surface area contributed by atoms with Gasteiger partial charge in [-0.3, -0.25) is 15.0 Å². The molecular weight excluding hydrogens is 314 g/mol. The minimum atomic E-state index is -0.792. The molecule has 1 unspecified atom stereocenters. The Hall–Kier alpha value is -2.90. The predicted molar refractivity (Wildman–Crippen MR) is 86.1 cm³/mol. The first-order valence-electron chi connectivity index (χ1n) is 7.60. The van der Waals surface area contributed by atoms with Crippen LogP contribution in [0.25, 0.3) is 0 Å². The quantitative estimate of drug-likeness (QED) is 0.507. The lowest BCUT2D eigenvalue weighted by Crippen LogP contribution is -2.47. The van der Waals surface area contributed by atoms with Gasteiger partial charge in [-0.25, -0.2) is 9.59 Å². The van der Waals surface area contributed by atoms with Gasteiger partial charge in [0, 0.05) is 24.4 Å². The number of carbonyl (C=O) groups excluding carboxylic acids is 2. The molecule has 0 fully saturated rings. The van der Waals surface area contributed by atoms with E-state index in [1.807, 2.05) is 0 Å². The van der Waals surface area contributed by atoms with Gasteiger partial charge in [-0.2, -0.15) is 0 Å². The molecule has 0 radical (unpaired) electrons. The fourth-order valence-corrected chi connectivity index (χ4v) is 2.70. The summed E-state index contributed by atoms with van der Waals surface area (Å²) in [5, 5.41) is 13.7. The van der Waals surface area contributed by atoms with Crippen LogP contribution in [0, 0.1) is 10.1 Å². The van der Waals surface area contributed by atoms with Gasteiger partial charge in [0.25, 0.3) is 5.69 Å². The Balaban J connectivity index is 2.55. The SMILES string of the molecule is CCOC(=O)C1=C(C)N(CC)C(=O)NC1c1cccc([N+](=O)[O-])c1. The number of carbonyl (C=O) groups is 2. The highest BCUT2D eigenvalue weighted by molar-refractivity contribution is 5.95. The number of amides is 2. The summed E-state index contributed by atoms with van der Waals surface area (Å²) < 4.78 is 5.10. The Morgan fingerprint density at radius 2 is 2.12 bits per heavy atom. The van der Waals surface area contributed by atoms with Gasteiger partial charge in [-0.05, 0) is 26.3 Å². The average Bonchev–Trinajstić information content (AvgIpc) is 2.54. The monoisotopic (exact) mass is 333 g/mol. The fraction of sp³-hybridized carbons (Fsp3) is 0.375. The summed E-state index contributed by atoms with van der Waals surface area (Å²) in [5.41, 5.74) is 1.10. The Kier molecular flexibility index (Phi) is 5.18. The van der Waals surface area contributed by atoms with Crippen LogP contribution in [0.15, 0.2) is 35.5 Å². The van der Waals surface area contributed by atoms with Crippen LogP contribution in [-0.4, -0.2) is 35.0 Å². The summed E-state index contributed by atoms with van der Waals surface area (Å²) in [7, 11) is 0. The topological polar surface area (TPSA) is 102 Å². The highest BCUT2D eigenvalue weighted by Crippen LogP contribution is 2.32. The van der Waals surface area contributed by atoms with Crippen LogP contribution >= 0.6 is 0 Å². The van der Waals surface area contributed by atoms with E-state index in [4.69, 9.17) is 4.74 Å². The lowest BCUT2D eigenvalue weighted by molar-refractivity contribution is -0.384. The fourth-order valence-electron chi connectivity index (χ4n) is 2.70. The van der Waals surface area contributed by atoms with Crippen molar-refractivity contribution in [1.29, 1.82) is 0 Å². The smallest absolute Gasteiger partial charge is 0.338 e. The molecule has 1 aromatic rings. The van der Waals surface area contributed by atoms with Gasteiger partial charge in [-0.15, -0.1) is 0 Å². The molecule has 1 heterocycles. The van der Waals surface area contributed by atoms with E-state index in [0.29, 0.717) is 17.8 Å². The van der Waals surface area contributed by atoms with Crippen LogP contribution in [0.5, 0.6) is 0 Å². The molecule has 0 bridgehead atoms. The Bertz CT molecular complexity index is 713. The van der Waals surface area contributed by atoms with Gasteiger partial charge >= 0.3 is 12.0 Å². The van der Waals surface area contributed by atoms with Gasteiger partial charge < -0.3 is 10.1 Å². The number of nitro benzene ring substituents is 1. The molecule has 2 amide bonds. The third-order valence-corrected chi connectivity index (χ3v) is 3.82. The molecule has 0 saturated carbocycles. The second-order valence-corrected chi connectivity index (χ2v) is 5.20. The number of nitrogens with zero attached hydrogens (tertiary/aromatic N) is 2. The molecular formula is C16H19N3O5. The number of allylic oxidation sites excluding steroid dienone is 1. The molecule has 8 heteroatoms. The molecule has 1 aliphatic rings. The summed E-state index contributed by atoms with van der Waals surface area (Å²) in [6.07, 6.45) is 0. The van der Waals surface area contributed by atoms with Crippen molar-refractivity contribution >= 4 is 17.7 Å². The third-order valence-electron chi connectivity index (χ3n) is 3.82. The Labute approximate surface area is 139 Å². The van der Waals surface area contributed by atoms with E-state index in [1.54, 1.807) is 26.8 Å². The van der Waals surface area contributed by atoms with E-state index in [0.717, 1.165) is 0 Å². The second kappa shape index (κ2) is 7.12. The summed E-state index contributed by atoms with van der Waals surface area (Å²) in [6, 6.07) is 4.70. The number of hydrogen-bond acceptors (Lipinski definition) is 5. The largest absolute Gasteiger partial charge is 0.463 e. The lowest BCUT2D eigenvalue weighted by atomic mass is 9.94. The maximum atomic E-state index is 12.4. The van der Waals surface area contributed by atoms with Crippen LogP contribution in [-0.2, 0) is 9.53 Å². The molecule has 8 nitrogen and oxygen atoms in total. The molecule has 2 rings (SSSR count). The standard InChI is InChI=1S/C16H19N3O5/c1-4-18-10(3)13(15(20)24-5-2)14(17-16(18)21)11-7-6-8-12(9-11)19(22)23/h6-9,14H,4-5H2,1-3H3,(H,17,21). The van der Waals surface area contributed by atoms with Crippen molar-refractivity contribution in [1.82, 2.24) is 10.2 Å². The van der Waals surface area contributed by atoms with Crippen molar-refractivity contribution < 1.29 is 19.2 Å². The van der Waals surface area contributed by atoms with Crippen molar-refractivity contribution in [2.24, 2.45) is 0 Å². The maximum absolute atomic E-state index is 12.4. The predicted octanol–water partition coefficient (Wildman–Crippen LogP) is 2.52. The molecule has 1 atom stereocenters. The molecule has 1 N–H and O–H groups in total. The van der Waals surface area contributed by atoms with Gasteiger partial charge in [0.1, 0.15) is 0 Å². The molecule has 24 heavy (non-hydrogen) atoms. The summed E-state index contributed by atoms with van der Waals surface area (Å²) in [4.78, 5) is 36.5. The van der Waals surface area contributed by atoms with Crippen molar-refractivity contribution in [2.45, 2.75) is 26.8 Å². The van der Waals surface area contributed by atoms with Crippen LogP contribution in [0.2, 0.25) is 0 Å². The first-order chi connectivity index (χ1) is 11.4. The highest BCUT2D eigenvalue weighted by Gasteiger charge is 2.36. The van der Waals surface area contributed by atoms with Crippen molar-refractivity contribution in [2.75, 3.05) is 13.2 Å². The molecule has 1 aliphatic heterocycles. The number of ether oxygens (including phenoxy) is 1.